The molecule has 0 spiro atoms. The number of hydrogen-bond donors (Lipinski definition) is 0. The monoisotopic (exact) mass is 121 g/mol. The number of fused-ring (bicyclic) bond motifs is 2. The van der Waals surface area contributed by atoms with E-state index in [0.29, 0.717) is 6.04 Å². The third-order valence-corrected chi connectivity index (χ3v) is 2.87. The van der Waals surface area contributed by atoms with Gasteiger partial charge in [0, 0.05) is 12.3 Å². The summed E-state index contributed by atoms with van der Waals surface area (Å²) in [6.07, 6.45) is 5.34. The molecule has 2 bridgehead atoms. The normalized spacial score (nSPS) is 47.2. The van der Waals surface area contributed by atoms with Gasteiger partial charge in [0.25, 0.3) is 0 Å². The molecule has 0 amide bonds. The van der Waals surface area contributed by atoms with Gasteiger partial charge in [0.05, 0.1) is 0 Å². The fourth-order valence-electron chi connectivity index (χ4n) is 2.37. The van der Waals surface area contributed by atoms with Gasteiger partial charge in [-0.15, -0.1) is 0 Å². The SMILES string of the molecule is [C-]#[N+]C1CC2CCC1C2. The highest BCUT2D eigenvalue weighted by atomic mass is 14.8. The van der Waals surface area contributed by atoms with E-state index in [4.69, 9.17) is 6.57 Å². The summed E-state index contributed by atoms with van der Waals surface area (Å²) in [4.78, 5) is 3.62. The van der Waals surface area contributed by atoms with E-state index >= 15 is 0 Å². The zero-order chi connectivity index (χ0) is 6.27. The molecule has 9 heavy (non-hydrogen) atoms. The van der Waals surface area contributed by atoms with Crippen molar-refractivity contribution in [2.45, 2.75) is 31.7 Å². The molecular formula is C8H11N. The number of nitrogens with zero attached hydrogens (tertiary/aromatic N) is 1. The molecule has 0 radical (unpaired) electrons. The van der Waals surface area contributed by atoms with Gasteiger partial charge in [-0.3, -0.25) is 0 Å². The Labute approximate surface area is 55.9 Å². The smallest absolute Gasteiger partial charge is 0.226 e. The quantitative estimate of drug-likeness (QED) is 0.432. The molecule has 0 aromatic heterocycles. The zero-order valence-electron chi connectivity index (χ0n) is 5.51. The molecule has 0 saturated heterocycles. The van der Waals surface area contributed by atoms with Crippen molar-refractivity contribution < 1.29 is 0 Å². The first-order valence-corrected chi connectivity index (χ1v) is 3.76. The van der Waals surface area contributed by atoms with E-state index in [0.717, 1.165) is 11.8 Å². The van der Waals surface area contributed by atoms with E-state index in [2.05, 4.69) is 4.85 Å². The minimum absolute atomic E-state index is 0.420. The summed E-state index contributed by atoms with van der Waals surface area (Å²) in [5, 5.41) is 0. The molecule has 2 aliphatic carbocycles. The molecule has 0 aliphatic heterocycles. The van der Waals surface area contributed by atoms with Crippen molar-refractivity contribution in [2.75, 3.05) is 0 Å². The Balaban J connectivity index is 2.12. The highest BCUT2D eigenvalue weighted by molar-refractivity contribution is 4.99. The molecule has 0 heterocycles. The Morgan fingerprint density at radius 3 is 2.44 bits per heavy atom. The van der Waals surface area contributed by atoms with E-state index in [-0.39, 0.29) is 0 Å². The third-order valence-electron chi connectivity index (χ3n) is 2.87. The van der Waals surface area contributed by atoms with E-state index < -0.39 is 0 Å². The summed E-state index contributed by atoms with van der Waals surface area (Å²) in [5.41, 5.74) is 0. The maximum Gasteiger partial charge on any atom is 0.226 e. The average Bonchev–Trinajstić information content (AvgIpc) is 2.45. The number of hydrogen-bond acceptors (Lipinski definition) is 0. The van der Waals surface area contributed by atoms with Gasteiger partial charge in [-0.05, 0) is 25.2 Å². The summed E-state index contributed by atoms with van der Waals surface area (Å²) in [5.74, 6) is 1.74. The van der Waals surface area contributed by atoms with Crippen LogP contribution in [0.3, 0.4) is 0 Å². The Bertz CT molecular complexity index is 156. The Kier molecular flexibility index (Phi) is 1.02. The maximum absolute atomic E-state index is 6.88. The Morgan fingerprint density at radius 2 is 2.11 bits per heavy atom. The molecule has 0 aromatic carbocycles. The van der Waals surface area contributed by atoms with Gasteiger partial charge in [0.15, 0.2) is 0 Å². The molecule has 2 aliphatic rings. The van der Waals surface area contributed by atoms with Crippen molar-refractivity contribution in [1.29, 1.82) is 0 Å². The fraction of sp³-hybridized carbons (Fsp3) is 0.875. The second-order valence-corrected chi connectivity index (χ2v) is 3.37. The van der Waals surface area contributed by atoms with Crippen LogP contribution in [-0.4, -0.2) is 6.04 Å². The molecule has 3 atom stereocenters. The first-order chi connectivity index (χ1) is 4.40. The van der Waals surface area contributed by atoms with Crippen molar-refractivity contribution in [3.8, 4) is 0 Å². The molecule has 1 nitrogen and oxygen atoms in total. The highest BCUT2D eigenvalue weighted by Gasteiger charge is 2.43. The van der Waals surface area contributed by atoms with Gasteiger partial charge in [-0.2, -0.15) is 0 Å². The number of rotatable bonds is 0. The van der Waals surface area contributed by atoms with E-state index in [1.807, 2.05) is 0 Å². The predicted molar refractivity (Wildman–Crippen MR) is 35.8 cm³/mol. The Hall–Kier alpha value is -0.510. The fourth-order valence-corrected chi connectivity index (χ4v) is 2.37. The van der Waals surface area contributed by atoms with Crippen molar-refractivity contribution >= 4 is 0 Å². The highest BCUT2D eigenvalue weighted by Crippen LogP contribution is 2.45. The van der Waals surface area contributed by atoms with E-state index in [9.17, 15) is 0 Å². The zero-order valence-corrected chi connectivity index (χ0v) is 5.51. The van der Waals surface area contributed by atoms with E-state index in [1.165, 1.54) is 25.7 Å². The van der Waals surface area contributed by atoms with Gasteiger partial charge in [-0.25, -0.2) is 6.57 Å². The summed E-state index contributed by atoms with van der Waals surface area (Å²) in [6, 6.07) is 0.420. The molecule has 2 saturated carbocycles. The van der Waals surface area contributed by atoms with Crippen LogP contribution < -0.4 is 0 Å². The van der Waals surface area contributed by atoms with Crippen molar-refractivity contribution in [3.05, 3.63) is 11.4 Å². The first kappa shape index (κ1) is 5.29. The van der Waals surface area contributed by atoms with Crippen molar-refractivity contribution in [3.63, 3.8) is 0 Å². The largest absolute Gasteiger partial charge is 0.313 e. The molecule has 48 valence electrons. The lowest BCUT2D eigenvalue weighted by atomic mass is 9.96. The minimum atomic E-state index is 0.420. The molecular weight excluding hydrogens is 110 g/mol. The third kappa shape index (κ3) is 0.660. The van der Waals surface area contributed by atoms with Gasteiger partial charge in [-0.1, -0.05) is 0 Å². The lowest BCUT2D eigenvalue weighted by molar-refractivity contribution is 0.457. The lowest BCUT2D eigenvalue weighted by Gasteiger charge is -2.09. The molecule has 1 heteroatoms. The standard InChI is InChI=1S/C8H11N/c1-9-8-5-6-2-3-7(8)4-6/h6-8H,2-5H2. The van der Waals surface area contributed by atoms with Crippen LogP contribution in [0.25, 0.3) is 4.85 Å². The molecule has 0 aromatic rings. The summed E-state index contributed by atoms with van der Waals surface area (Å²) in [6.45, 7) is 6.88. The predicted octanol–water partition coefficient (Wildman–Crippen LogP) is 2.09. The molecule has 2 fully saturated rings. The van der Waals surface area contributed by atoms with Crippen LogP contribution in [0.4, 0.5) is 0 Å². The van der Waals surface area contributed by atoms with Crippen LogP contribution >= 0.6 is 0 Å². The van der Waals surface area contributed by atoms with Crippen LogP contribution in [-0.2, 0) is 0 Å². The maximum atomic E-state index is 6.88. The Morgan fingerprint density at radius 1 is 1.22 bits per heavy atom. The molecule has 0 N–H and O–H groups in total. The first-order valence-electron chi connectivity index (χ1n) is 3.76. The van der Waals surface area contributed by atoms with Crippen LogP contribution in [0.1, 0.15) is 25.7 Å². The second-order valence-electron chi connectivity index (χ2n) is 3.37. The van der Waals surface area contributed by atoms with Gasteiger partial charge >= 0.3 is 0 Å². The van der Waals surface area contributed by atoms with Crippen LogP contribution in [0.2, 0.25) is 0 Å². The van der Waals surface area contributed by atoms with Crippen LogP contribution in [0, 0.1) is 18.4 Å². The second kappa shape index (κ2) is 1.73. The topological polar surface area (TPSA) is 4.36 Å². The van der Waals surface area contributed by atoms with E-state index in [1.54, 1.807) is 0 Å². The molecule has 2 rings (SSSR count). The minimum Gasteiger partial charge on any atom is -0.313 e. The average molecular weight is 121 g/mol. The van der Waals surface area contributed by atoms with Crippen molar-refractivity contribution in [1.82, 2.24) is 0 Å². The van der Waals surface area contributed by atoms with Crippen molar-refractivity contribution in [2.24, 2.45) is 11.8 Å². The van der Waals surface area contributed by atoms with Gasteiger partial charge in [0.1, 0.15) is 0 Å². The van der Waals surface area contributed by atoms with Gasteiger partial charge < -0.3 is 4.85 Å². The van der Waals surface area contributed by atoms with Gasteiger partial charge in [0.2, 0.25) is 6.04 Å². The molecule has 3 unspecified atom stereocenters. The summed E-state index contributed by atoms with van der Waals surface area (Å²) < 4.78 is 0. The lowest BCUT2D eigenvalue weighted by Crippen LogP contribution is -2.11. The summed E-state index contributed by atoms with van der Waals surface area (Å²) >= 11 is 0. The van der Waals surface area contributed by atoms with Crippen LogP contribution in [0.15, 0.2) is 0 Å². The summed E-state index contributed by atoms with van der Waals surface area (Å²) in [7, 11) is 0. The van der Waals surface area contributed by atoms with Crippen LogP contribution in [0.5, 0.6) is 0 Å².